The Morgan fingerprint density at radius 1 is 0.829 bits per heavy atom. The van der Waals surface area contributed by atoms with Crippen LogP contribution in [0.4, 0.5) is 0 Å². The number of carbonyl (C=O) groups is 2. The highest BCUT2D eigenvalue weighted by Crippen LogP contribution is 2.24. The average Bonchev–Trinajstić information content (AvgIpc) is 2.98. The third-order valence-corrected chi connectivity index (χ3v) is 7.34. The molecule has 212 valence electrons. The molecule has 2 amide bonds. The molecule has 0 unspecified atom stereocenters. The van der Waals surface area contributed by atoms with Gasteiger partial charge in [-0.1, -0.05) is 95.5 Å². The molecule has 0 aliphatic carbocycles. The fraction of sp³-hybridized carbons (Fsp3) is 0.188. The van der Waals surface area contributed by atoms with E-state index in [-0.39, 0.29) is 37.9 Å². The zero-order chi connectivity index (χ0) is 29.2. The van der Waals surface area contributed by atoms with E-state index >= 15 is 0 Å². The molecule has 0 fully saturated rings. The van der Waals surface area contributed by atoms with E-state index < -0.39 is 6.04 Å². The predicted molar refractivity (Wildman–Crippen MR) is 163 cm³/mol. The van der Waals surface area contributed by atoms with Crippen molar-refractivity contribution in [3.8, 4) is 11.5 Å². The van der Waals surface area contributed by atoms with Gasteiger partial charge in [0.1, 0.15) is 17.5 Å². The van der Waals surface area contributed by atoms with Crippen molar-refractivity contribution in [2.24, 2.45) is 0 Å². The van der Waals surface area contributed by atoms with E-state index in [1.807, 2.05) is 54.6 Å². The highest BCUT2D eigenvalue weighted by atomic mass is 35.5. The molecular formula is C32H29Cl3N2O4. The number of para-hydroxylation sites is 1. The maximum Gasteiger partial charge on any atom is 0.261 e. The van der Waals surface area contributed by atoms with Crippen LogP contribution in [0.3, 0.4) is 0 Å². The molecule has 0 aromatic heterocycles. The van der Waals surface area contributed by atoms with E-state index in [4.69, 9.17) is 44.3 Å². The first-order valence-electron chi connectivity index (χ1n) is 12.9. The maximum atomic E-state index is 13.8. The minimum absolute atomic E-state index is 0.167. The van der Waals surface area contributed by atoms with E-state index in [2.05, 4.69) is 5.32 Å². The zero-order valence-electron chi connectivity index (χ0n) is 22.4. The molecule has 4 aromatic carbocycles. The molecule has 6 nitrogen and oxygen atoms in total. The summed E-state index contributed by atoms with van der Waals surface area (Å²) in [7, 11) is 1.59. The van der Waals surface area contributed by atoms with Crippen molar-refractivity contribution >= 4 is 46.6 Å². The lowest BCUT2D eigenvalue weighted by atomic mass is 10.0. The van der Waals surface area contributed by atoms with E-state index in [0.29, 0.717) is 32.1 Å². The van der Waals surface area contributed by atoms with Gasteiger partial charge in [-0.2, -0.15) is 0 Å². The highest BCUT2D eigenvalue weighted by Gasteiger charge is 2.31. The monoisotopic (exact) mass is 610 g/mol. The van der Waals surface area contributed by atoms with Gasteiger partial charge in [0, 0.05) is 29.6 Å². The smallest absolute Gasteiger partial charge is 0.261 e. The quantitative estimate of drug-likeness (QED) is 0.188. The first-order valence-corrected chi connectivity index (χ1v) is 14.0. The van der Waals surface area contributed by atoms with E-state index in [0.717, 1.165) is 11.1 Å². The Hall–Kier alpha value is -3.71. The van der Waals surface area contributed by atoms with Gasteiger partial charge in [-0.25, -0.2) is 0 Å². The summed E-state index contributed by atoms with van der Waals surface area (Å²) in [6.07, 6.45) is 0.287. The SMILES string of the molecule is COc1ccc(CN(C(=O)COc2ccccc2Cl)[C@@H](Cc2ccccc2)C(=O)NCc2ccc(Cl)cc2Cl)cc1. The van der Waals surface area contributed by atoms with Crippen LogP contribution in [0.15, 0.2) is 97.1 Å². The lowest BCUT2D eigenvalue weighted by Gasteiger charge is -2.31. The van der Waals surface area contributed by atoms with Crippen molar-refractivity contribution in [3.05, 3.63) is 129 Å². The molecule has 0 aliphatic rings. The number of hydrogen-bond acceptors (Lipinski definition) is 4. The number of hydrogen-bond donors (Lipinski definition) is 1. The molecular weight excluding hydrogens is 583 g/mol. The van der Waals surface area contributed by atoms with Crippen molar-refractivity contribution in [2.45, 2.75) is 25.6 Å². The minimum atomic E-state index is -0.854. The first kappa shape index (κ1) is 30.3. The second-order valence-electron chi connectivity index (χ2n) is 9.25. The normalized spacial score (nSPS) is 11.4. The van der Waals surface area contributed by atoms with Gasteiger partial charge in [0.15, 0.2) is 6.61 Å². The second-order valence-corrected chi connectivity index (χ2v) is 10.5. The molecule has 1 N–H and O–H groups in total. The topological polar surface area (TPSA) is 67.9 Å². The molecule has 1 atom stereocenters. The van der Waals surface area contributed by atoms with Gasteiger partial charge in [-0.05, 0) is 53.1 Å². The molecule has 9 heteroatoms. The van der Waals surface area contributed by atoms with Gasteiger partial charge in [-0.15, -0.1) is 0 Å². The van der Waals surface area contributed by atoms with Crippen LogP contribution in [-0.2, 0) is 29.1 Å². The Labute approximate surface area is 254 Å². The van der Waals surface area contributed by atoms with Crippen molar-refractivity contribution in [2.75, 3.05) is 13.7 Å². The van der Waals surface area contributed by atoms with Crippen LogP contribution >= 0.6 is 34.8 Å². The fourth-order valence-electron chi connectivity index (χ4n) is 4.23. The van der Waals surface area contributed by atoms with Gasteiger partial charge in [-0.3, -0.25) is 9.59 Å². The molecule has 0 bridgehead atoms. The Morgan fingerprint density at radius 3 is 2.22 bits per heavy atom. The third-order valence-electron chi connectivity index (χ3n) is 6.44. The molecule has 0 spiro atoms. The minimum Gasteiger partial charge on any atom is -0.497 e. The summed E-state index contributed by atoms with van der Waals surface area (Å²) in [6.45, 7) is 0.0314. The summed E-state index contributed by atoms with van der Waals surface area (Å²) >= 11 is 18.6. The zero-order valence-corrected chi connectivity index (χ0v) is 24.6. The summed E-state index contributed by atoms with van der Waals surface area (Å²) in [6, 6.07) is 28.0. The predicted octanol–water partition coefficient (Wildman–Crippen LogP) is 6.99. The Kier molecular flexibility index (Phi) is 10.9. The van der Waals surface area contributed by atoms with Gasteiger partial charge in [0.05, 0.1) is 12.1 Å². The number of rotatable bonds is 12. The van der Waals surface area contributed by atoms with Gasteiger partial charge >= 0.3 is 0 Å². The van der Waals surface area contributed by atoms with Crippen molar-refractivity contribution < 1.29 is 19.1 Å². The molecule has 0 aliphatic heterocycles. The van der Waals surface area contributed by atoms with Crippen LogP contribution in [0, 0.1) is 0 Å². The van der Waals surface area contributed by atoms with E-state index in [1.54, 1.807) is 49.6 Å². The fourth-order valence-corrected chi connectivity index (χ4v) is 4.90. The third kappa shape index (κ3) is 8.64. The summed E-state index contributed by atoms with van der Waals surface area (Å²) in [4.78, 5) is 29.1. The summed E-state index contributed by atoms with van der Waals surface area (Å²) in [5.74, 6) is 0.362. The molecule has 4 rings (SSSR count). The van der Waals surface area contributed by atoms with Crippen LogP contribution in [0.5, 0.6) is 11.5 Å². The van der Waals surface area contributed by atoms with E-state index in [1.165, 1.54) is 4.90 Å². The number of methoxy groups -OCH3 is 1. The standard InChI is InChI=1S/C32H29Cl3N2O4/c1-40-26-15-11-23(12-16-26)20-37(31(38)21-41-30-10-6-5-9-27(30)34)29(17-22-7-3-2-4-8-22)32(39)36-19-24-13-14-25(33)18-28(24)35/h2-16,18,29H,17,19-21H2,1H3,(H,36,39)/t29-/m0/s1. The van der Waals surface area contributed by atoms with Gasteiger partial charge in [0.25, 0.3) is 5.91 Å². The van der Waals surface area contributed by atoms with Crippen LogP contribution in [-0.4, -0.2) is 36.5 Å². The number of halogens is 3. The Balaban J connectivity index is 1.63. The molecule has 41 heavy (non-hydrogen) atoms. The van der Waals surface area contributed by atoms with Crippen LogP contribution in [0.25, 0.3) is 0 Å². The largest absolute Gasteiger partial charge is 0.497 e. The number of nitrogens with one attached hydrogen (secondary N) is 1. The number of ether oxygens (including phenoxy) is 2. The van der Waals surface area contributed by atoms with Crippen molar-refractivity contribution in [1.29, 1.82) is 0 Å². The summed E-state index contributed by atoms with van der Waals surface area (Å²) in [5, 5.41) is 4.29. The summed E-state index contributed by atoms with van der Waals surface area (Å²) in [5.41, 5.74) is 2.43. The van der Waals surface area contributed by atoms with Crippen LogP contribution in [0.2, 0.25) is 15.1 Å². The molecule has 0 saturated heterocycles. The number of amides is 2. The summed E-state index contributed by atoms with van der Waals surface area (Å²) < 4.78 is 11.1. The number of benzene rings is 4. The number of nitrogens with zero attached hydrogens (tertiary/aromatic N) is 1. The van der Waals surface area contributed by atoms with E-state index in [9.17, 15) is 9.59 Å². The highest BCUT2D eigenvalue weighted by molar-refractivity contribution is 6.35. The lowest BCUT2D eigenvalue weighted by molar-refractivity contribution is -0.142. The van der Waals surface area contributed by atoms with Crippen LogP contribution < -0.4 is 14.8 Å². The number of carbonyl (C=O) groups excluding carboxylic acids is 2. The van der Waals surface area contributed by atoms with Crippen molar-refractivity contribution in [1.82, 2.24) is 10.2 Å². The average molecular weight is 612 g/mol. The lowest BCUT2D eigenvalue weighted by Crippen LogP contribution is -2.51. The Bertz CT molecular complexity index is 1470. The van der Waals surface area contributed by atoms with Crippen LogP contribution in [0.1, 0.15) is 16.7 Å². The molecule has 0 saturated carbocycles. The van der Waals surface area contributed by atoms with Crippen molar-refractivity contribution in [3.63, 3.8) is 0 Å². The molecule has 0 radical (unpaired) electrons. The molecule has 4 aromatic rings. The Morgan fingerprint density at radius 2 is 1.54 bits per heavy atom. The maximum absolute atomic E-state index is 13.8. The first-order chi connectivity index (χ1) is 19.8. The van der Waals surface area contributed by atoms with Gasteiger partial charge < -0.3 is 19.7 Å². The second kappa shape index (κ2) is 14.8. The van der Waals surface area contributed by atoms with Gasteiger partial charge in [0.2, 0.25) is 5.91 Å². The molecule has 0 heterocycles.